The summed E-state index contributed by atoms with van der Waals surface area (Å²) in [7, 11) is 0. The van der Waals surface area contributed by atoms with E-state index in [1.54, 1.807) is 0 Å². The lowest BCUT2D eigenvalue weighted by Gasteiger charge is -2.10. The van der Waals surface area contributed by atoms with Crippen molar-refractivity contribution in [3.63, 3.8) is 0 Å². The molecule has 0 aromatic heterocycles. The van der Waals surface area contributed by atoms with Crippen molar-refractivity contribution in [1.82, 2.24) is 10.6 Å². The Kier molecular flexibility index (Phi) is 5.42. The molecule has 0 rings (SSSR count). The largest absolute Gasteiger partial charge is 0.480 e. The van der Waals surface area contributed by atoms with Gasteiger partial charge in [0.15, 0.2) is 0 Å². The first-order chi connectivity index (χ1) is 7.61. The number of carbonyl (C=O) groups excluding carboxylic acids is 2. The van der Waals surface area contributed by atoms with E-state index in [9.17, 15) is 27.6 Å². The topological polar surface area (TPSA) is 95.5 Å². The third-order valence-corrected chi connectivity index (χ3v) is 1.56. The van der Waals surface area contributed by atoms with E-state index in [1.807, 2.05) is 5.32 Å². The zero-order valence-electron chi connectivity index (χ0n) is 8.80. The van der Waals surface area contributed by atoms with Crippen molar-refractivity contribution >= 4 is 17.8 Å². The van der Waals surface area contributed by atoms with E-state index in [4.69, 9.17) is 5.11 Å². The Balaban J connectivity index is 3.97. The number of aliphatic carboxylic acids is 1. The number of hydrogen-bond donors (Lipinski definition) is 3. The molecular weight excluding hydrogens is 245 g/mol. The molecule has 3 N–H and O–H groups in total. The van der Waals surface area contributed by atoms with Gasteiger partial charge in [-0.3, -0.25) is 14.4 Å². The summed E-state index contributed by atoms with van der Waals surface area (Å²) >= 11 is 0. The van der Waals surface area contributed by atoms with Gasteiger partial charge in [0.2, 0.25) is 11.8 Å². The van der Waals surface area contributed by atoms with E-state index in [0.717, 1.165) is 6.92 Å². The predicted molar refractivity (Wildman–Crippen MR) is 48.9 cm³/mol. The van der Waals surface area contributed by atoms with Crippen molar-refractivity contribution in [3.8, 4) is 0 Å². The molecule has 0 bridgehead atoms. The fourth-order valence-corrected chi connectivity index (χ4v) is 0.761. The van der Waals surface area contributed by atoms with Gasteiger partial charge >= 0.3 is 12.1 Å². The molecule has 0 radical (unpaired) electrons. The number of nitrogens with one attached hydrogen (secondary N) is 2. The summed E-state index contributed by atoms with van der Waals surface area (Å²) < 4.78 is 35.0. The molecule has 0 spiro atoms. The van der Waals surface area contributed by atoms with Crippen LogP contribution in [0.3, 0.4) is 0 Å². The third kappa shape index (κ3) is 8.05. The van der Waals surface area contributed by atoms with Crippen LogP contribution in [-0.2, 0) is 14.4 Å². The maximum atomic E-state index is 11.7. The summed E-state index contributed by atoms with van der Waals surface area (Å²) in [4.78, 5) is 32.1. The lowest BCUT2D eigenvalue weighted by atomic mass is 10.3. The van der Waals surface area contributed by atoms with Crippen LogP contribution in [0.5, 0.6) is 0 Å². The van der Waals surface area contributed by atoms with Gasteiger partial charge in [0, 0.05) is 0 Å². The number of rotatable bonds is 5. The van der Waals surface area contributed by atoms with Crippen LogP contribution in [0.2, 0.25) is 0 Å². The number of alkyl halides is 3. The van der Waals surface area contributed by atoms with Crippen LogP contribution < -0.4 is 10.6 Å². The highest BCUT2D eigenvalue weighted by atomic mass is 19.4. The molecule has 0 aromatic carbocycles. The smallest absolute Gasteiger partial charge is 0.405 e. The molecule has 0 saturated heterocycles. The van der Waals surface area contributed by atoms with Crippen LogP contribution in [0.25, 0.3) is 0 Å². The van der Waals surface area contributed by atoms with Gasteiger partial charge in [0.25, 0.3) is 0 Å². The second-order valence-electron chi connectivity index (χ2n) is 3.20. The van der Waals surface area contributed by atoms with Crippen molar-refractivity contribution in [1.29, 1.82) is 0 Å². The summed E-state index contributed by atoms with van der Waals surface area (Å²) in [6.07, 6.45) is -5.41. The Morgan fingerprint density at radius 1 is 1.24 bits per heavy atom. The van der Waals surface area contributed by atoms with Crippen molar-refractivity contribution in [2.45, 2.75) is 25.6 Å². The molecule has 98 valence electrons. The van der Waals surface area contributed by atoms with Crippen molar-refractivity contribution in [2.24, 2.45) is 0 Å². The summed E-state index contributed by atoms with van der Waals surface area (Å²) in [5, 5.41) is 11.8. The molecule has 0 aliphatic rings. The van der Waals surface area contributed by atoms with Crippen LogP contribution >= 0.6 is 0 Å². The normalized spacial score (nSPS) is 12.7. The van der Waals surface area contributed by atoms with Gasteiger partial charge in [-0.15, -0.1) is 0 Å². The van der Waals surface area contributed by atoms with Gasteiger partial charge in [-0.2, -0.15) is 13.2 Å². The van der Waals surface area contributed by atoms with Gasteiger partial charge in [0.05, 0.1) is 0 Å². The van der Waals surface area contributed by atoms with Crippen LogP contribution in [0.15, 0.2) is 0 Å². The van der Waals surface area contributed by atoms with Crippen LogP contribution in [0.1, 0.15) is 13.3 Å². The number of carbonyl (C=O) groups is 3. The predicted octanol–water partition coefficient (Wildman–Crippen LogP) is -0.356. The lowest BCUT2D eigenvalue weighted by molar-refractivity contribution is -0.143. The van der Waals surface area contributed by atoms with Gasteiger partial charge in [-0.05, 0) is 6.92 Å². The Morgan fingerprint density at radius 2 is 1.76 bits per heavy atom. The summed E-state index contributed by atoms with van der Waals surface area (Å²) in [6, 6.07) is -1.21. The van der Waals surface area contributed by atoms with Crippen molar-refractivity contribution in [3.05, 3.63) is 0 Å². The number of carboxylic acid groups (broad SMARTS) is 1. The molecule has 6 nitrogen and oxygen atoms in total. The molecule has 1 atom stereocenters. The number of carboxylic acids is 1. The van der Waals surface area contributed by atoms with E-state index in [0.29, 0.717) is 0 Å². The van der Waals surface area contributed by atoms with Crippen LogP contribution in [-0.4, -0.2) is 41.7 Å². The zero-order valence-corrected chi connectivity index (χ0v) is 8.80. The standard InChI is InChI=1S/C8H11F3N2O4/c1-4(7(16)17)13-6(15)2-5(14)12-3-8(9,10)11/h4H,2-3H2,1H3,(H,12,14)(H,13,15)(H,16,17). The Labute approximate surface area is 94.2 Å². The minimum atomic E-state index is -4.56. The monoisotopic (exact) mass is 256 g/mol. The second-order valence-corrected chi connectivity index (χ2v) is 3.20. The fourth-order valence-electron chi connectivity index (χ4n) is 0.761. The van der Waals surface area contributed by atoms with Gasteiger partial charge in [0.1, 0.15) is 19.0 Å². The van der Waals surface area contributed by atoms with E-state index in [2.05, 4.69) is 0 Å². The minimum absolute atomic E-state index is 0.853. The van der Waals surface area contributed by atoms with Crippen molar-refractivity contribution in [2.75, 3.05) is 6.54 Å². The number of amides is 2. The molecule has 1 unspecified atom stereocenters. The average molecular weight is 256 g/mol. The first-order valence-electron chi connectivity index (χ1n) is 4.47. The summed E-state index contributed by atoms with van der Waals surface area (Å²) in [5.41, 5.74) is 0. The SMILES string of the molecule is CC(NC(=O)CC(=O)NCC(F)(F)F)C(=O)O. The summed E-state index contributed by atoms with van der Waals surface area (Å²) in [5.74, 6) is -3.40. The maximum absolute atomic E-state index is 11.7. The second kappa shape index (κ2) is 6.06. The highest BCUT2D eigenvalue weighted by Crippen LogP contribution is 2.12. The van der Waals surface area contributed by atoms with Gasteiger partial charge < -0.3 is 15.7 Å². The van der Waals surface area contributed by atoms with Crippen LogP contribution in [0, 0.1) is 0 Å². The van der Waals surface area contributed by atoms with Crippen LogP contribution in [0.4, 0.5) is 13.2 Å². The minimum Gasteiger partial charge on any atom is -0.480 e. The average Bonchev–Trinajstić information content (AvgIpc) is 2.13. The Morgan fingerprint density at radius 3 is 2.18 bits per heavy atom. The van der Waals surface area contributed by atoms with E-state index < -0.39 is 43.0 Å². The molecular formula is C8H11F3N2O4. The molecule has 0 fully saturated rings. The zero-order chi connectivity index (χ0) is 13.6. The molecule has 0 heterocycles. The molecule has 9 heteroatoms. The Bertz CT molecular complexity index is 316. The number of hydrogen-bond acceptors (Lipinski definition) is 3. The quantitative estimate of drug-likeness (QED) is 0.585. The maximum Gasteiger partial charge on any atom is 0.405 e. The third-order valence-electron chi connectivity index (χ3n) is 1.56. The molecule has 0 aromatic rings. The molecule has 0 aliphatic heterocycles. The lowest BCUT2D eigenvalue weighted by Crippen LogP contribution is -2.42. The molecule has 17 heavy (non-hydrogen) atoms. The Hall–Kier alpha value is -1.80. The van der Waals surface area contributed by atoms with E-state index in [-0.39, 0.29) is 0 Å². The van der Waals surface area contributed by atoms with Crippen molar-refractivity contribution < 1.29 is 32.7 Å². The molecule has 2 amide bonds. The molecule has 0 aliphatic carbocycles. The molecule has 0 saturated carbocycles. The van der Waals surface area contributed by atoms with Gasteiger partial charge in [-0.1, -0.05) is 0 Å². The summed E-state index contributed by atoms with van der Waals surface area (Å²) in [6.45, 7) is -0.374. The first-order valence-corrected chi connectivity index (χ1v) is 4.47. The fraction of sp³-hybridized carbons (Fsp3) is 0.625. The first kappa shape index (κ1) is 15.2. The number of halogens is 3. The van der Waals surface area contributed by atoms with E-state index >= 15 is 0 Å². The highest BCUT2D eigenvalue weighted by Gasteiger charge is 2.28. The van der Waals surface area contributed by atoms with E-state index in [1.165, 1.54) is 5.32 Å². The van der Waals surface area contributed by atoms with Gasteiger partial charge in [-0.25, -0.2) is 0 Å². The highest BCUT2D eigenvalue weighted by molar-refractivity contribution is 5.98.